The summed E-state index contributed by atoms with van der Waals surface area (Å²) in [6, 6.07) is 18.1. The molecule has 2 heterocycles. The largest absolute Gasteiger partial charge is 0.491 e. The van der Waals surface area contributed by atoms with Gasteiger partial charge in [0.2, 0.25) is 0 Å². The lowest BCUT2D eigenvalue weighted by Crippen LogP contribution is -2.28. The molecule has 9 heteroatoms. The number of hydrogen-bond acceptors (Lipinski definition) is 5. The fraction of sp³-hybridized carbons (Fsp3) is 0.192. The van der Waals surface area contributed by atoms with Crippen LogP contribution in [0.5, 0.6) is 5.75 Å². The third kappa shape index (κ3) is 6.15. The molecule has 4 rings (SSSR count). The highest BCUT2D eigenvalue weighted by molar-refractivity contribution is 6.04. The van der Waals surface area contributed by atoms with Crippen LogP contribution in [0.1, 0.15) is 21.6 Å². The smallest absolute Gasteiger partial charge is 0.319 e. The van der Waals surface area contributed by atoms with Crippen LogP contribution in [0.25, 0.3) is 5.65 Å². The Balaban J connectivity index is 1.40. The number of aromatic nitrogens is 2. The maximum Gasteiger partial charge on any atom is 0.319 e. The maximum absolute atomic E-state index is 13.0. The zero-order chi connectivity index (χ0) is 24.6. The molecule has 0 aliphatic rings. The second-order valence-corrected chi connectivity index (χ2v) is 7.85. The maximum atomic E-state index is 13.0. The molecule has 0 unspecified atom stereocenters. The van der Waals surface area contributed by atoms with Gasteiger partial charge in [-0.3, -0.25) is 9.20 Å². The number of pyridine rings is 1. The second kappa shape index (κ2) is 11.2. The molecule has 2 aromatic carbocycles. The summed E-state index contributed by atoms with van der Waals surface area (Å²) < 4.78 is 12.3. The van der Waals surface area contributed by atoms with Crippen LogP contribution in [0.15, 0.2) is 73.1 Å². The van der Waals surface area contributed by atoms with E-state index in [0.717, 1.165) is 11.1 Å². The Morgan fingerprint density at radius 1 is 1.00 bits per heavy atom. The average molecular weight is 474 g/mol. The Labute approximate surface area is 203 Å². The van der Waals surface area contributed by atoms with Crippen molar-refractivity contribution in [2.45, 2.75) is 13.5 Å². The molecular weight excluding hydrogens is 446 g/mol. The van der Waals surface area contributed by atoms with Crippen molar-refractivity contribution in [3.05, 3.63) is 89.9 Å². The average Bonchev–Trinajstić information content (AvgIpc) is 3.29. The number of methoxy groups -OCH3 is 1. The first-order chi connectivity index (χ1) is 17.0. The van der Waals surface area contributed by atoms with E-state index in [0.29, 0.717) is 48.2 Å². The summed E-state index contributed by atoms with van der Waals surface area (Å²) in [5.74, 6) is 0.361. The highest BCUT2D eigenvalue weighted by atomic mass is 16.5. The summed E-state index contributed by atoms with van der Waals surface area (Å²) in [5, 5.41) is 8.56. The molecule has 0 fully saturated rings. The first-order valence-electron chi connectivity index (χ1n) is 11.1. The fourth-order valence-corrected chi connectivity index (χ4v) is 3.44. The molecular formula is C26H27N5O4. The summed E-state index contributed by atoms with van der Waals surface area (Å²) in [7, 11) is 1.61. The fourth-order valence-electron chi connectivity index (χ4n) is 3.44. The van der Waals surface area contributed by atoms with Crippen LogP contribution in [0.4, 0.5) is 16.2 Å². The number of para-hydroxylation sites is 1. The number of aryl methyl sites for hydroxylation is 1. The topological polar surface area (TPSA) is 106 Å². The highest BCUT2D eigenvalue weighted by Gasteiger charge is 2.14. The lowest BCUT2D eigenvalue weighted by Gasteiger charge is -2.12. The van der Waals surface area contributed by atoms with Crippen LogP contribution in [0, 0.1) is 6.92 Å². The van der Waals surface area contributed by atoms with Crippen molar-refractivity contribution in [3.8, 4) is 5.75 Å². The van der Waals surface area contributed by atoms with Crippen LogP contribution in [0.2, 0.25) is 0 Å². The lowest BCUT2D eigenvalue weighted by atomic mass is 10.1. The predicted molar refractivity (Wildman–Crippen MR) is 134 cm³/mol. The van der Waals surface area contributed by atoms with Gasteiger partial charge >= 0.3 is 6.03 Å². The van der Waals surface area contributed by atoms with Crippen LogP contribution in [-0.4, -0.2) is 41.6 Å². The first kappa shape index (κ1) is 23.8. The van der Waals surface area contributed by atoms with E-state index in [9.17, 15) is 9.59 Å². The molecule has 3 amide bonds. The molecule has 0 aliphatic heterocycles. The van der Waals surface area contributed by atoms with Gasteiger partial charge in [-0.05, 0) is 42.3 Å². The van der Waals surface area contributed by atoms with Gasteiger partial charge in [-0.25, -0.2) is 9.78 Å². The van der Waals surface area contributed by atoms with E-state index in [-0.39, 0.29) is 11.9 Å². The van der Waals surface area contributed by atoms with Gasteiger partial charge in [0.1, 0.15) is 23.7 Å². The van der Waals surface area contributed by atoms with Crippen LogP contribution < -0.4 is 20.7 Å². The summed E-state index contributed by atoms with van der Waals surface area (Å²) in [4.78, 5) is 29.5. The van der Waals surface area contributed by atoms with Crippen molar-refractivity contribution >= 4 is 29.0 Å². The highest BCUT2D eigenvalue weighted by Crippen LogP contribution is 2.20. The van der Waals surface area contributed by atoms with Crippen LogP contribution in [-0.2, 0) is 11.3 Å². The summed E-state index contributed by atoms with van der Waals surface area (Å²) in [5.41, 5.74) is 4.12. The number of anilines is 2. The molecule has 0 radical (unpaired) electrons. The number of amides is 3. The number of hydrogen-bond donors (Lipinski definition) is 3. The van der Waals surface area contributed by atoms with Crippen molar-refractivity contribution in [1.29, 1.82) is 0 Å². The lowest BCUT2D eigenvalue weighted by molar-refractivity contribution is 0.102. The summed E-state index contributed by atoms with van der Waals surface area (Å²) in [6.45, 7) is 3.13. The molecule has 0 bridgehead atoms. The molecule has 0 atom stereocenters. The van der Waals surface area contributed by atoms with Crippen LogP contribution >= 0.6 is 0 Å². The quantitative estimate of drug-likeness (QED) is 0.315. The molecule has 180 valence electrons. The number of carbonyl (C=O) groups is 2. The van der Waals surface area contributed by atoms with Crippen molar-refractivity contribution in [1.82, 2.24) is 14.7 Å². The Morgan fingerprint density at radius 2 is 1.83 bits per heavy atom. The van der Waals surface area contributed by atoms with Gasteiger partial charge in [0.25, 0.3) is 5.91 Å². The molecule has 9 nitrogen and oxygen atoms in total. The third-order valence-electron chi connectivity index (χ3n) is 5.31. The standard InChI is InChI=1S/C26H27N5O4/c1-18-8-9-19(16-28-26(33)29-20-6-4-3-5-7-20)14-22(18)30-25(32)23-17-27-24-15-21(10-11-31(23)24)35-13-12-34-2/h3-11,14-15,17H,12-13,16H2,1-2H3,(H,30,32)(H2,28,29,33). The minimum Gasteiger partial charge on any atom is -0.491 e. The molecule has 2 aromatic heterocycles. The van der Waals surface area contributed by atoms with E-state index >= 15 is 0 Å². The van der Waals surface area contributed by atoms with Gasteiger partial charge in [-0.2, -0.15) is 0 Å². The Kier molecular flexibility index (Phi) is 7.59. The molecule has 35 heavy (non-hydrogen) atoms. The molecule has 0 saturated carbocycles. The van der Waals surface area contributed by atoms with Gasteiger partial charge in [0, 0.05) is 37.3 Å². The van der Waals surface area contributed by atoms with Crippen molar-refractivity contribution in [2.24, 2.45) is 0 Å². The number of benzene rings is 2. The molecule has 0 aliphatic carbocycles. The number of nitrogens with one attached hydrogen (secondary N) is 3. The number of nitrogens with zero attached hydrogens (tertiary/aromatic N) is 2. The van der Waals surface area contributed by atoms with Gasteiger partial charge in [0.05, 0.1) is 12.8 Å². The Hall–Kier alpha value is -4.37. The van der Waals surface area contributed by atoms with E-state index in [1.54, 1.807) is 29.8 Å². The van der Waals surface area contributed by atoms with Crippen molar-refractivity contribution in [3.63, 3.8) is 0 Å². The van der Waals surface area contributed by atoms with Gasteiger partial charge in [0.15, 0.2) is 0 Å². The molecule has 4 aromatic rings. The van der Waals surface area contributed by atoms with Crippen LogP contribution in [0.3, 0.4) is 0 Å². The summed E-state index contributed by atoms with van der Waals surface area (Å²) >= 11 is 0. The normalized spacial score (nSPS) is 10.7. The Bertz CT molecular complexity index is 1320. The van der Waals surface area contributed by atoms with E-state index in [1.165, 1.54) is 6.20 Å². The minimum absolute atomic E-state index is 0.291. The monoisotopic (exact) mass is 473 g/mol. The van der Waals surface area contributed by atoms with Gasteiger partial charge in [-0.1, -0.05) is 30.3 Å². The first-order valence-corrected chi connectivity index (χ1v) is 11.1. The number of fused-ring (bicyclic) bond motifs is 1. The number of rotatable bonds is 9. The SMILES string of the molecule is COCCOc1ccn2c(C(=O)Nc3cc(CNC(=O)Nc4ccccc4)ccc3C)cnc2c1. The third-order valence-corrected chi connectivity index (χ3v) is 5.31. The predicted octanol–water partition coefficient (Wildman–Crippen LogP) is 4.24. The van der Waals surface area contributed by atoms with Gasteiger partial charge in [-0.15, -0.1) is 0 Å². The van der Waals surface area contributed by atoms with E-state index in [4.69, 9.17) is 9.47 Å². The van der Waals surface area contributed by atoms with Gasteiger partial charge < -0.3 is 25.4 Å². The zero-order valence-electron chi connectivity index (χ0n) is 19.6. The Morgan fingerprint density at radius 3 is 2.63 bits per heavy atom. The van der Waals surface area contributed by atoms with E-state index < -0.39 is 0 Å². The number of urea groups is 1. The van der Waals surface area contributed by atoms with Crippen molar-refractivity contribution < 1.29 is 19.1 Å². The number of imidazole rings is 1. The zero-order valence-corrected chi connectivity index (χ0v) is 19.6. The summed E-state index contributed by atoms with van der Waals surface area (Å²) in [6.07, 6.45) is 3.27. The molecule has 3 N–H and O–H groups in total. The number of ether oxygens (including phenoxy) is 2. The molecule has 0 saturated heterocycles. The number of carbonyl (C=O) groups excluding carboxylic acids is 2. The second-order valence-electron chi connectivity index (χ2n) is 7.85. The van der Waals surface area contributed by atoms with Crippen molar-refractivity contribution in [2.75, 3.05) is 31.0 Å². The van der Waals surface area contributed by atoms with E-state index in [1.807, 2.05) is 55.5 Å². The minimum atomic E-state index is -0.307. The molecule has 0 spiro atoms. The van der Waals surface area contributed by atoms with E-state index in [2.05, 4.69) is 20.9 Å².